The van der Waals surface area contributed by atoms with Crippen LogP contribution < -0.4 is 0 Å². The molecular formula is C22H19N3O3S2. The molecule has 0 unspecified atom stereocenters. The molecule has 3 aromatic rings. The second-order valence-electron chi connectivity index (χ2n) is 6.75. The van der Waals surface area contributed by atoms with E-state index in [9.17, 15) is 13.2 Å². The SMILES string of the molecule is CCN1C(=O)/C(=C/c2ccc3ccccc3n2)S/C1=N/S(=O)(=O)c1ccc(C)cc1. The number of nitrogens with zero attached hydrogens (tertiary/aromatic N) is 3. The maximum Gasteiger partial charge on any atom is 0.284 e. The first kappa shape index (κ1) is 20.3. The van der Waals surface area contributed by atoms with Crippen LogP contribution >= 0.6 is 11.8 Å². The number of pyridine rings is 1. The standard InChI is InChI=1S/C22H19N3O3S2/c1-3-25-21(26)20(14-17-11-10-16-6-4-5-7-19(16)23-17)29-22(25)24-30(27,28)18-12-8-15(2)9-13-18/h4-14H,3H2,1-2H3/b20-14-,24-22+. The number of carbonyl (C=O) groups excluding carboxylic acids is 1. The van der Waals surface area contributed by atoms with Gasteiger partial charge in [-0.25, -0.2) is 4.98 Å². The van der Waals surface area contributed by atoms with Crippen LogP contribution in [-0.4, -0.2) is 35.9 Å². The van der Waals surface area contributed by atoms with E-state index >= 15 is 0 Å². The summed E-state index contributed by atoms with van der Waals surface area (Å²) >= 11 is 1.04. The van der Waals surface area contributed by atoms with E-state index in [1.54, 1.807) is 25.1 Å². The molecule has 0 spiro atoms. The largest absolute Gasteiger partial charge is 0.286 e. The fourth-order valence-electron chi connectivity index (χ4n) is 3.02. The summed E-state index contributed by atoms with van der Waals surface area (Å²) in [5.74, 6) is -0.282. The van der Waals surface area contributed by atoms with Crippen LogP contribution in [0.25, 0.3) is 17.0 Å². The predicted octanol–water partition coefficient (Wildman–Crippen LogP) is 4.22. The maximum atomic E-state index is 12.8. The summed E-state index contributed by atoms with van der Waals surface area (Å²) in [5, 5.41) is 1.15. The smallest absolute Gasteiger partial charge is 0.284 e. The second kappa shape index (κ2) is 8.04. The van der Waals surface area contributed by atoms with E-state index in [0.717, 1.165) is 28.2 Å². The predicted molar refractivity (Wildman–Crippen MR) is 120 cm³/mol. The van der Waals surface area contributed by atoms with Crippen molar-refractivity contribution in [2.45, 2.75) is 18.7 Å². The molecular weight excluding hydrogens is 418 g/mol. The number of rotatable bonds is 4. The van der Waals surface area contributed by atoms with Gasteiger partial charge in [-0.2, -0.15) is 8.42 Å². The van der Waals surface area contributed by atoms with Gasteiger partial charge in [-0.15, -0.1) is 4.40 Å². The molecule has 1 aromatic heterocycles. The van der Waals surface area contributed by atoms with Gasteiger partial charge in [0.25, 0.3) is 15.9 Å². The number of aryl methyl sites for hydroxylation is 1. The lowest BCUT2D eigenvalue weighted by Gasteiger charge is -2.11. The number of amides is 1. The van der Waals surface area contributed by atoms with Crippen molar-refractivity contribution < 1.29 is 13.2 Å². The third kappa shape index (κ3) is 4.01. The number of sulfonamides is 1. The number of para-hydroxylation sites is 1. The number of benzene rings is 2. The average Bonchev–Trinajstić information content (AvgIpc) is 3.01. The van der Waals surface area contributed by atoms with Gasteiger partial charge in [0.05, 0.1) is 21.0 Å². The lowest BCUT2D eigenvalue weighted by atomic mass is 10.2. The van der Waals surface area contributed by atoms with Crippen molar-refractivity contribution in [1.29, 1.82) is 0 Å². The molecule has 2 heterocycles. The van der Waals surface area contributed by atoms with E-state index in [2.05, 4.69) is 9.38 Å². The van der Waals surface area contributed by atoms with Gasteiger partial charge >= 0.3 is 0 Å². The molecule has 6 nitrogen and oxygen atoms in total. The van der Waals surface area contributed by atoms with Gasteiger partial charge in [0, 0.05) is 11.9 Å². The fraction of sp³-hybridized carbons (Fsp3) is 0.136. The number of amidine groups is 1. The second-order valence-corrected chi connectivity index (χ2v) is 9.36. The van der Waals surface area contributed by atoms with Crippen molar-refractivity contribution in [3.8, 4) is 0 Å². The Morgan fingerprint density at radius 2 is 1.80 bits per heavy atom. The van der Waals surface area contributed by atoms with E-state index in [0.29, 0.717) is 17.1 Å². The lowest BCUT2D eigenvalue weighted by Crippen LogP contribution is -2.29. The molecule has 30 heavy (non-hydrogen) atoms. The topological polar surface area (TPSA) is 79.7 Å². The molecule has 1 aliphatic heterocycles. The van der Waals surface area contributed by atoms with Crippen molar-refractivity contribution in [2.75, 3.05) is 6.54 Å². The van der Waals surface area contributed by atoms with E-state index in [1.807, 2.05) is 43.3 Å². The monoisotopic (exact) mass is 437 g/mol. The van der Waals surface area contributed by atoms with Gasteiger partial charge in [0.1, 0.15) is 0 Å². The number of thioether (sulfide) groups is 1. The van der Waals surface area contributed by atoms with Crippen LogP contribution in [0.2, 0.25) is 0 Å². The van der Waals surface area contributed by atoms with Gasteiger partial charge < -0.3 is 0 Å². The highest BCUT2D eigenvalue weighted by Crippen LogP contribution is 2.33. The van der Waals surface area contributed by atoms with E-state index in [4.69, 9.17) is 0 Å². The minimum absolute atomic E-state index is 0.0957. The number of hydrogen-bond donors (Lipinski definition) is 0. The zero-order valence-corrected chi connectivity index (χ0v) is 18.1. The normalized spacial score (nSPS) is 17.4. The molecule has 2 aromatic carbocycles. The molecule has 8 heteroatoms. The Hall–Kier alpha value is -2.97. The van der Waals surface area contributed by atoms with Crippen molar-refractivity contribution in [3.05, 3.63) is 76.8 Å². The van der Waals surface area contributed by atoms with Crippen LogP contribution in [0.3, 0.4) is 0 Å². The highest BCUT2D eigenvalue weighted by atomic mass is 32.2. The Bertz CT molecular complexity index is 1300. The first-order valence-electron chi connectivity index (χ1n) is 9.36. The summed E-state index contributed by atoms with van der Waals surface area (Å²) in [6, 6.07) is 17.9. The summed E-state index contributed by atoms with van der Waals surface area (Å²) in [6.45, 7) is 3.98. The van der Waals surface area contributed by atoms with Gasteiger partial charge in [0.15, 0.2) is 5.17 Å². The Balaban J connectivity index is 1.69. The van der Waals surface area contributed by atoms with Gasteiger partial charge in [0.2, 0.25) is 0 Å². The van der Waals surface area contributed by atoms with Crippen molar-refractivity contribution in [1.82, 2.24) is 9.88 Å². The molecule has 4 rings (SSSR count). The number of fused-ring (bicyclic) bond motifs is 1. The molecule has 1 saturated heterocycles. The molecule has 0 atom stereocenters. The van der Waals surface area contributed by atoms with E-state index in [1.165, 1.54) is 17.0 Å². The average molecular weight is 438 g/mol. The minimum atomic E-state index is -3.92. The quantitative estimate of drug-likeness (QED) is 0.571. The zero-order chi connectivity index (χ0) is 21.3. The fourth-order valence-corrected chi connectivity index (χ4v) is 5.25. The molecule has 0 radical (unpaired) electrons. The summed E-state index contributed by atoms with van der Waals surface area (Å²) in [7, 11) is -3.92. The third-order valence-corrected chi connectivity index (χ3v) is 7.02. The number of hydrogen-bond acceptors (Lipinski definition) is 5. The molecule has 1 fully saturated rings. The van der Waals surface area contributed by atoms with Crippen LogP contribution in [0.4, 0.5) is 0 Å². The summed E-state index contributed by atoms with van der Waals surface area (Å²) in [5.41, 5.74) is 2.41. The van der Waals surface area contributed by atoms with Crippen LogP contribution in [0.1, 0.15) is 18.2 Å². The zero-order valence-electron chi connectivity index (χ0n) is 16.4. The summed E-state index contributed by atoms with van der Waals surface area (Å²) in [6.07, 6.45) is 1.67. The number of carbonyl (C=O) groups is 1. The van der Waals surface area contributed by atoms with Crippen molar-refractivity contribution >= 4 is 49.8 Å². The molecule has 1 amide bonds. The van der Waals surface area contributed by atoms with Crippen LogP contribution in [0, 0.1) is 6.92 Å². The molecule has 0 N–H and O–H groups in total. The van der Waals surface area contributed by atoms with E-state index < -0.39 is 10.0 Å². The van der Waals surface area contributed by atoms with Crippen LogP contribution in [-0.2, 0) is 14.8 Å². The highest BCUT2D eigenvalue weighted by molar-refractivity contribution is 8.19. The summed E-state index contributed by atoms with van der Waals surface area (Å²) in [4.78, 5) is 19.2. The first-order chi connectivity index (χ1) is 14.4. The Morgan fingerprint density at radius 3 is 2.53 bits per heavy atom. The molecule has 0 bridgehead atoms. The summed E-state index contributed by atoms with van der Waals surface area (Å²) < 4.78 is 29.4. The minimum Gasteiger partial charge on any atom is -0.286 e. The Labute approximate surface area is 179 Å². The van der Waals surface area contributed by atoms with Gasteiger partial charge in [-0.3, -0.25) is 9.69 Å². The number of aromatic nitrogens is 1. The Morgan fingerprint density at radius 1 is 1.07 bits per heavy atom. The molecule has 0 saturated carbocycles. The van der Waals surface area contributed by atoms with Crippen molar-refractivity contribution in [2.24, 2.45) is 4.40 Å². The van der Waals surface area contributed by atoms with Gasteiger partial charge in [-0.05, 0) is 56.0 Å². The van der Waals surface area contributed by atoms with E-state index in [-0.39, 0.29) is 16.0 Å². The van der Waals surface area contributed by atoms with Crippen LogP contribution in [0.5, 0.6) is 0 Å². The maximum absolute atomic E-state index is 12.8. The Kier molecular flexibility index (Phi) is 5.44. The van der Waals surface area contributed by atoms with Crippen LogP contribution in [0.15, 0.2) is 74.9 Å². The molecule has 1 aliphatic rings. The van der Waals surface area contributed by atoms with Gasteiger partial charge in [-0.1, -0.05) is 42.0 Å². The number of likely N-dealkylation sites (N-methyl/N-ethyl adjacent to an activating group) is 1. The first-order valence-corrected chi connectivity index (χ1v) is 11.6. The lowest BCUT2D eigenvalue weighted by molar-refractivity contribution is -0.122. The van der Waals surface area contributed by atoms with Crippen molar-refractivity contribution in [3.63, 3.8) is 0 Å². The molecule has 152 valence electrons. The highest BCUT2D eigenvalue weighted by Gasteiger charge is 2.34. The molecule has 0 aliphatic carbocycles. The third-order valence-electron chi connectivity index (χ3n) is 4.62.